The minimum atomic E-state index is -4.37. The molecular formula is C17H23F3N2O2. The number of alkyl halides is 3. The molecule has 7 heteroatoms. The number of halogens is 3. The Labute approximate surface area is 140 Å². The van der Waals surface area contributed by atoms with Gasteiger partial charge in [-0.2, -0.15) is 13.2 Å². The van der Waals surface area contributed by atoms with E-state index in [0.717, 1.165) is 25.7 Å². The molecule has 1 N–H and O–H groups in total. The third-order valence-corrected chi connectivity index (χ3v) is 4.20. The lowest BCUT2D eigenvalue weighted by atomic mass is 9.94. The Morgan fingerprint density at radius 2 is 2.00 bits per heavy atom. The number of ether oxygens (including phenoxy) is 1. The Morgan fingerprint density at radius 1 is 1.29 bits per heavy atom. The van der Waals surface area contributed by atoms with Crippen molar-refractivity contribution in [1.82, 2.24) is 4.90 Å². The molecule has 0 saturated heterocycles. The van der Waals surface area contributed by atoms with E-state index in [1.807, 2.05) is 7.05 Å². The van der Waals surface area contributed by atoms with Crippen LogP contribution >= 0.6 is 0 Å². The number of likely N-dealkylation sites (N-methyl/N-ethyl adjacent to an activating group) is 1. The van der Waals surface area contributed by atoms with Gasteiger partial charge in [0.25, 0.3) is 0 Å². The van der Waals surface area contributed by atoms with Gasteiger partial charge in [0.15, 0.2) is 6.61 Å². The summed E-state index contributed by atoms with van der Waals surface area (Å²) >= 11 is 0. The predicted molar refractivity (Wildman–Crippen MR) is 86.1 cm³/mol. The number of anilines is 1. The van der Waals surface area contributed by atoms with E-state index in [1.165, 1.54) is 18.6 Å². The number of carbonyl (C=O) groups excluding carboxylic acids is 1. The Hall–Kier alpha value is -1.92. The van der Waals surface area contributed by atoms with Gasteiger partial charge in [-0.3, -0.25) is 4.79 Å². The van der Waals surface area contributed by atoms with Crippen LogP contribution in [0.2, 0.25) is 0 Å². The monoisotopic (exact) mass is 344 g/mol. The fourth-order valence-electron chi connectivity index (χ4n) is 2.84. The number of nitrogens with one attached hydrogen (secondary N) is 1. The maximum atomic E-state index is 12.2. The van der Waals surface area contributed by atoms with Gasteiger partial charge in [-0.05, 0) is 25.0 Å². The van der Waals surface area contributed by atoms with Crippen LogP contribution in [-0.4, -0.2) is 43.2 Å². The van der Waals surface area contributed by atoms with E-state index in [-0.39, 0.29) is 24.2 Å². The van der Waals surface area contributed by atoms with Gasteiger partial charge in [0.2, 0.25) is 5.91 Å². The molecule has 0 radical (unpaired) electrons. The molecule has 1 saturated carbocycles. The van der Waals surface area contributed by atoms with Crippen molar-refractivity contribution in [2.75, 3.05) is 25.5 Å². The number of hydrogen-bond acceptors (Lipinski definition) is 3. The fraction of sp³-hybridized carbons (Fsp3) is 0.588. The molecule has 1 aliphatic carbocycles. The van der Waals surface area contributed by atoms with Crippen molar-refractivity contribution >= 4 is 11.6 Å². The van der Waals surface area contributed by atoms with Gasteiger partial charge in [0.1, 0.15) is 5.75 Å². The molecule has 0 aromatic heterocycles. The number of carbonyl (C=O) groups is 1. The molecule has 1 fully saturated rings. The minimum absolute atomic E-state index is 0.0245. The average molecular weight is 344 g/mol. The molecule has 0 bridgehead atoms. The summed E-state index contributed by atoms with van der Waals surface area (Å²) in [5.74, 6) is 0.0916. The maximum absolute atomic E-state index is 12.2. The molecule has 0 heterocycles. The van der Waals surface area contributed by atoms with Gasteiger partial charge in [-0.1, -0.05) is 25.3 Å². The molecule has 1 aromatic rings. The van der Waals surface area contributed by atoms with E-state index in [9.17, 15) is 18.0 Å². The van der Waals surface area contributed by atoms with Crippen LogP contribution in [0.1, 0.15) is 32.1 Å². The third-order valence-electron chi connectivity index (χ3n) is 4.20. The van der Waals surface area contributed by atoms with Crippen LogP contribution in [0.3, 0.4) is 0 Å². The summed E-state index contributed by atoms with van der Waals surface area (Å²) in [6.45, 7) is -1.23. The predicted octanol–water partition coefficient (Wildman–Crippen LogP) is 3.83. The Morgan fingerprint density at radius 3 is 2.67 bits per heavy atom. The summed E-state index contributed by atoms with van der Waals surface area (Å²) in [4.78, 5) is 14.0. The molecule has 1 aromatic carbocycles. The Kier molecular flexibility index (Phi) is 6.34. The van der Waals surface area contributed by atoms with Gasteiger partial charge in [0.05, 0.1) is 6.54 Å². The van der Waals surface area contributed by atoms with Crippen molar-refractivity contribution in [3.8, 4) is 5.75 Å². The van der Waals surface area contributed by atoms with Gasteiger partial charge < -0.3 is 15.0 Å². The quantitative estimate of drug-likeness (QED) is 0.853. The number of nitrogens with zero attached hydrogens (tertiary/aromatic N) is 1. The molecule has 4 nitrogen and oxygen atoms in total. The second kappa shape index (κ2) is 8.26. The Bertz CT molecular complexity index is 543. The smallest absolute Gasteiger partial charge is 0.422 e. The highest BCUT2D eigenvalue weighted by Crippen LogP contribution is 2.23. The highest BCUT2D eigenvalue weighted by Gasteiger charge is 2.28. The maximum Gasteiger partial charge on any atom is 0.422 e. The summed E-state index contributed by atoms with van der Waals surface area (Å²) < 4.78 is 41.2. The molecule has 1 aliphatic rings. The van der Waals surface area contributed by atoms with Gasteiger partial charge in [-0.15, -0.1) is 0 Å². The van der Waals surface area contributed by atoms with Gasteiger partial charge in [0, 0.05) is 24.8 Å². The van der Waals surface area contributed by atoms with Crippen molar-refractivity contribution in [2.24, 2.45) is 0 Å². The molecule has 0 spiro atoms. The number of hydrogen-bond donors (Lipinski definition) is 1. The van der Waals surface area contributed by atoms with E-state index in [4.69, 9.17) is 4.74 Å². The molecule has 1 amide bonds. The average Bonchev–Trinajstić information content (AvgIpc) is 2.58. The van der Waals surface area contributed by atoms with Crippen LogP contribution < -0.4 is 10.1 Å². The van der Waals surface area contributed by atoms with Crippen molar-refractivity contribution < 1.29 is 22.7 Å². The topological polar surface area (TPSA) is 41.6 Å². The fourth-order valence-corrected chi connectivity index (χ4v) is 2.84. The third kappa shape index (κ3) is 5.94. The second-order valence-electron chi connectivity index (χ2n) is 6.08. The van der Waals surface area contributed by atoms with Crippen LogP contribution in [0.25, 0.3) is 0 Å². The van der Waals surface area contributed by atoms with Crippen LogP contribution in [0, 0.1) is 0 Å². The first kappa shape index (κ1) is 18.4. The van der Waals surface area contributed by atoms with Crippen LogP contribution in [0.5, 0.6) is 5.75 Å². The highest BCUT2D eigenvalue weighted by molar-refractivity contribution is 5.81. The molecule has 0 aliphatic heterocycles. The second-order valence-corrected chi connectivity index (χ2v) is 6.08. The summed E-state index contributed by atoms with van der Waals surface area (Å²) in [7, 11) is 1.81. The number of benzene rings is 1. The van der Waals surface area contributed by atoms with E-state index in [1.54, 1.807) is 17.0 Å². The summed E-state index contributed by atoms with van der Waals surface area (Å²) in [6, 6.07) is 6.47. The normalized spacial score (nSPS) is 15.8. The Balaban J connectivity index is 1.83. The van der Waals surface area contributed by atoms with Crippen molar-refractivity contribution in [3.05, 3.63) is 24.3 Å². The van der Waals surface area contributed by atoms with Crippen LogP contribution in [-0.2, 0) is 4.79 Å². The van der Waals surface area contributed by atoms with Crippen molar-refractivity contribution in [3.63, 3.8) is 0 Å². The number of amides is 1. The minimum Gasteiger partial charge on any atom is -0.484 e. The first-order chi connectivity index (χ1) is 11.3. The largest absolute Gasteiger partial charge is 0.484 e. The zero-order valence-electron chi connectivity index (χ0n) is 13.7. The summed E-state index contributed by atoms with van der Waals surface area (Å²) in [6.07, 6.45) is 1.21. The lowest BCUT2D eigenvalue weighted by Crippen LogP contribution is -2.41. The summed E-state index contributed by atoms with van der Waals surface area (Å²) in [5, 5.41) is 2.95. The lowest BCUT2D eigenvalue weighted by Gasteiger charge is -2.31. The number of rotatable bonds is 6. The molecular weight excluding hydrogens is 321 g/mol. The SMILES string of the molecule is CN(C(=O)CNc1cccc(OCC(F)(F)F)c1)C1CCCCC1. The zero-order chi connectivity index (χ0) is 17.6. The first-order valence-corrected chi connectivity index (χ1v) is 8.14. The first-order valence-electron chi connectivity index (χ1n) is 8.14. The standard InChI is InChI=1S/C17H23F3N2O2/c1-22(14-7-3-2-4-8-14)16(23)11-21-13-6-5-9-15(10-13)24-12-17(18,19)20/h5-6,9-10,14,21H,2-4,7-8,11-12H2,1H3. The van der Waals surface area contributed by atoms with Crippen molar-refractivity contribution in [2.45, 2.75) is 44.3 Å². The lowest BCUT2D eigenvalue weighted by molar-refractivity contribution is -0.153. The van der Waals surface area contributed by atoms with E-state index in [0.29, 0.717) is 5.69 Å². The molecule has 2 rings (SSSR count). The van der Waals surface area contributed by atoms with Crippen LogP contribution in [0.15, 0.2) is 24.3 Å². The van der Waals surface area contributed by atoms with E-state index < -0.39 is 12.8 Å². The molecule has 0 unspecified atom stereocenters. The summed E-state index contributed by atoms with van der Waals surface area (Å²) in [5.41, 5.74) is 0.556. The molecule has 134 valence electrons. The van der Waals surface area contributed by atoms with Gasteiger partial charge in [-0.25, -0.2) is 0 Å². The van der Waals surface area contributed by atoms with E-state index in [2.05, 4.69) is 5.32 Å². The van der Waals surface area contributed by atoms with Crippen molar-refractivity contribution in [1.29, 1.82) is 0 Å². The molecule has 0 atom stereocenters. The highest BCUT2D eigenvalue weighted by atomic mass is 19.4. The van der Waals surface area contributed by atoms with Crippen LogP contribution in [0.4, 0.5) is 18.9 Å². The van der Waals surface area contributed by atoms with Gasteiger partial charge >= 0.3 is 6.18 Å². The van der Waals surface area contributed by atoms with E-state index >= 15 is 0 Å². The molecule has 24 heavy (non-hydrogen) atoms. The zero-order valence-corrected chi connectivity index (χ0v) is 13.7.